The quantitative estimate of drug-likeness (QED) is 0.471. The average Bonchev–Trinajstić information content (AvgIpc) is 2.52. The van der Waals surface area contributed by atoms with E-state index in [2.05, 4.69) is 36.6 Å². The van der Waals surface area contributed by atoms with Gasteiger partial charge >= 0.3 is 0 Å². The molecule has 0 aliphatic heterocycles. The van der Waals surface area contributed by atoms with E-state index < -0.39 is 0 Å². The lowest BCUT2D eigenvalue weighted by Gasteiger charge is -2.13. The lowest BCUT2D eigenvalue weighted by molar-refractivity contribution is 0.989. The zero-order chi connectivity index (χ0) is 17.5. The molecule has 0 atom stereocenters. The Labute approximate surface area is 163 Å². The molecular formula is C18H20Cl2N2S2. The van der Waals surface area contributed by atoms with E-state index >= 15 is 0 Å². The van der Waals surface area contributed by atoms with Crippen LogP contribution >= 0.6 is 47.2 Å². The summed E-state index contributed by atoms with van der Waals surface area (Å²) in [6.07, 6.45) is 0. The van der Waals surface area contributed by atoms with E-state index in [1.54, 1.807) is 11.8 Å². The fourth-order valence-corrected chi connectivity index (χ4v) is 4.01. The van der Waals surface area contributed by atoms with Gasteiger partial charge in [0.05, 0.1) is 0 Å². The molecule has 0 amide bonds. The molecule has 0 heterocycles. The predicted molar refractivity (Wildman–Crippen MR) is 113 cm³/mol. The van der Waals surface area contributed by atoms with Gasteiger partial charge in [-0.3, -0.25) is 0 Å². The molecule has 0 fully saturated rings. The molecule has 6 heteroatoms. The van der Waals surface area contributed by atoms with Crippen LogP contribution in [0.5, 0.6) is 0 Å². The molecule has 128 valence electrons. The molecule has 2 nitrogen and oxygen atoms in total. The van der Waals surface area contributed by atoms with E-state index in [1.165, 1.54) is 11.1 Å². The fraction of sp³-hybridized carbons (Fsp3) is 0.278. The Morgan fingerprint density at radius 2 is 1.83 bits per heavy atom. The molecule has 0 unspecified atom stereocenters. The van der Waals surface area contributed by atoms with Crippen molar-refractivity contribution in [3.8, 4) is 0 Å². The van der Waals surface area contributed by atoms with E-state index in [0.29, 0.717) is 5.11 Å². The molecule has 0 aliphatic rings. The van der Waals surface area contributed by atoms with Crippen LogP contribution in [0.2, 0.25) is 10.0 Å². The Morgan fingerprint density at radius 3 is 2.50 bits per heavy atom. The van der Waals surface area contributed by atoms with Gasteiger partial charge in [0.15, 0.2) is 5.11 Å². The monoisotopic (exact) mass is 398 g/mol. The first-order valence-electron chi connectivity index (χ1n) is 7.60. The van der Waals surface area contributed by atoms with Crippen molar-refractivity contribution in [3.63, 3.8) is 0 Å². The first kappa shape index (κ1) is 19.4. The van der Waals surface area contributed by atoms with Crippen LogP contribution in [0.1, 0.15) is 16.7 Å². The van der Waals surface area contributed by atoms with Crippen LogP contribution in [0.15, 0.2) is 36.4 Å². The number of nitrogens with one attached hydrogen (secondary N) is 2. The Hall–Kier alpha value is -0.940. The van der Waals surface area contributed by atoms with Crippen molar-refractivity contribution in [2.45, 2.75) is 19.6 Å². The standard InChI is InChI=1S/C18H20Cl2N2S2/c1-12-6-7-17(13(2)10-12)22-18(23)21-8-9-24-11-14-15(19)4-3-5-16(14)20/h3-7,10H,8-9,11H2,1-2H3,(H2,21,22,23). The van der Waals surface area contributed by atoms with Crippen molar-refractivity contribution in [1.29, 1.82) is 0 Å². The zero-order valence-electron chi connectivity index (χ0n) is 13.7. The highest BCUT2D eigenvalue weighted by Crippen LogP contribution is 2.27. The lowest BCUT2D eigenvalue weighted by Crippen LogP contribution is -2.30. The second-order valence-corrected chi connectivity index (χ2v) is 7.78. The number of halogens is 2. The molecule has 2 rings (SSSR count). The SMILES string of the molecule is Cc1ccc(NC(=S)NCCSCc2c(Cl)cccc2Cl)c(C)c1. The zero-order valence-corrected chi connectivity index (χ0v) is 16.8. The molecule has 24 heavy (non-hydrogen) atoms. The van der Waals surface area contributed by atoms with Crippen LogP contribution in [0.4, 0.5) is 5.69 Å². The third-order valence-corrected chi connectivity index (χ3v) is 5.41. The molecule has 2 N–H and O–H groups in total. The van der Waals surface area contributed by atoms with Gasteiger partial charge in [-0.05, 0) is 55.4 Å². The van der Waals surface area contributed by atoms with Gasteiger partial charge < -0.3 is 10.6 Å². The number of hydrogen-bond acceptors (Lipinski definition) is 2. The van der Waals surface area contributed by atoms with Gasteiger partial charge in [-0.1, -0.05) is 47.0 Å². The number of anilines is 1. The van der Waals surface area contributed by atoms with Gasteiger partial charge in [-0.15, -0.1) is 0 Å². The molecular weight excluding hydrogens is 379 g/mol. The second kappa shape index (κ2) is 9.52. The molecule has 0 saturated heterocycles. The minimum absolute atomic E-state index is 0.637. The summed E-state index contributed by atoms with van der Waals surface area (Å²) in [6, 6.07) is 11.8. The van der Waals surface area contributed by atoms with Crippen LogP contribution < -0.4 is 10.6 Å². The third-order valence-electron chi connectivity index (χ3n) is 3.47. The minimum Gasteiger partial charge on any atom is -0.362 e. The summed E-state index contributed by atoms with van der Waals surface area (Å²) in [5.74, 6) is 1.70. The minimum atomic E-state index is 0.637. The van der Waals surface area contributed by atoms with E-state index in [0.717, 1.165) is 39.3 Å². The Kier molecular flexibility index (Phi) is 7.69. The Balaban J connectivity index is 1.71. The highest BCUT2D eigenvalue weighted by atomic mass is 35.5. The fourth-order valence-electron chi connectivity index (χ4n) is 2.20. The normalized spacial score (nSPS) is 10.5. The first-order chi connectivity index (χ1) is 11.5. The highest BCUT2D eigenvalue weighted by molar-refractivity contribution is 7.98. The third kappa shape index (κ3) is 5.85. The molecule has 0 radical (unpaired) electrons. The Morgan fingerprint density at radius 1 is 1.12 bits per heavy atom. The van der Waals surface area contributed by atoms with Crippen molar-refractivity contribution in [2.75, 3.05) is 17.6 Å². The Bertz CT molecular complexity index is 700. The smallest absolute Gasteiger partial charge is 0.170 e. The van der Waals surface area contributed by atoms with Crippen molar-refractivity contribution >= 4 is 58.0 Å². The highest BCUT2D eigenvalue weighted by Gasteiger charge is 2.05. The van der Waals surface area contributed by atoms with Gasteiger partial charge in [0.25, 0.3) is 0 Å². The van der Waals surface area contributed by atoms with Crippen molar-refractivity contribution in [2.24, 2.45) is 0 Å². The van der Waals surface area contributed by atoms with Crippen LogP contribution in [-0.4, -0.2) is 17.4 Å². The van der Waals surface area contributed by atoms with Crippen LogP contribution in [0, 0.1) is 13.8 Å². The lowest BCUT2D eigenvalue weighted by atomic mass is 10.1. The molecule has 2 aromatic carbocycles. The summed E-state index contributed by atoms with van der Waals surface area (Å²) >= 11 is 19.4. The summed E-state index contributed by atoms with van der Waals surface area (Å²) in [4.78, 5) is 0. The van der Waals surface area contributed by atoms with Crippen molar-refractivity contribution < 1.29 is 0 Å². The van der Waals surface area contributed by atoms with Crippen LogP contribution in [0.3, 0.4) is 0 Å². The van der Waals surface area contributed by atoms with Gasteiger partial charge in [0, 0.05) is 33.8 Å². The molecule has 0 aromatic heterocycles. The largest absolute Gasteiger partial charge is 0.362 e. The second-order valence-electron chi connectivity index (χ2n) is 5.45. The van der Waals surface area contributed by atoms with Crippen LogP contribution in [0.25, 0.3) is 0 Å². The number of aryl methyl sites for hydroxylation is 2. The maximum Gasteiger partial charge on any atom is 0.170 e. The first-order valence-corrected chi connectivity index (χ1v) is 9.92. The summed E-state index contributed by atoms with van der Waals surface area (Å²) in [7, 11) is 0. The molecule has 2 aromatic rings. The van der Waals surface area contributed by atoms with E-state index in [9.17, 15) is 0 Å². The maximum atomic E-state index is 6.16. The van der Waals surface area contributed by atoms with Crippen molar-refractivity contribution in [1.82, 2.24) is 5.32 Å². The van der Waals surface area contributed by atoms with E-state index in [1.807, 2.05) is 24.3 Å². The summed E-state index contributed by atoms with van der Waals surface area (Å²) in [5.41, 5.74) is 4.45. The summed E-state index contributed by atoms with van der Waals surface area (Å²) in [6.45, 7) is 4.93. The maximum absolute atomic E-state index is 6.16. The van der Waals surface area contributed by atoms with Gasteiger partial charge in [0.1, 0.15) is 0 Å². The van der Waals surface area contributed by atoms with Crippen molar-refractivity contribution in [3.05, 3.63) is 63.1 Å². The number of rotatable bonds is 6. The van der Waals surface area contributed by atoms with E-state index in [-0.39, 0.29) is 0 Å². The molecule has 0 spiro atoms. The number of hydrogen-bond donors (Lipinski definition) is 2. The summed E-state index contributed by atoms with van der Waals surface area (Å²) < 4.78 is 0. The molecule has 0 aliphatic carbocycles. The average molecular weight is 399 g/mol. The van der Waals surface area contributed by atoms with Crippen LogP contribution in [-0.2, 0) is 5.75 Å². The van der Waals surface area contributed by atoms with Gasteiger partial charge in [0.2, 0.25) is 0 Å². The number of thioether (sulfide) groups is 1. The van der Waals surface area contributed by atoms with Gasteiger partial charge in [-0.25, -0.2) is 0 Å². The topological polar surface area (TPSA) is 24.1 Å². The number of thiocarbonyl (C=S) groups is 1. The predicted octanol–water partition coefficient (Wildman–Crippen LogP) is 5.83. The van der Waals surface area contributed by atoms with E-state index in [4.69, 9.17) is 35.4 Å². The number of benzene rings is 2. The van der Waals surface area contributed by atoms with Gasteiger partial charge in [-0.2, -0.15) is 11.8 Å². The molecule has 0 saturated carbocycles. The summed E-state index contributed by atoms with van der Waals surface area (Å²) in [5, 5.41) is 8.53. The molecule has 0 bridgehead atoms.